The van der Waals surface area contributed by atoms with E-state index in [0.29, 0.717) is 47.3 Å². The van der Waals surface area contributed by atoms with Crippen molar-refractivity contribution in [2.75, 3.05) is 20.3 Å². The van der Waals surface area contributed by atoms with Gasteiger partial charge in [-0.05, 0) is 55.3 Å². The fraction of sp³-hybridized carbons (Fsp3) is 0.258. The molecule has 0 spiro atoms. The molecule has 0 radical (unpaired) electrons. The molecule has 43 heavy (non-hydrogen) atoms. The summed E-state index contributed by atoms with van der Waals surface area (Å²) in [5, 5.41) is 20.0. The SMILES string of the molecule is CCOc1cc([C@H]2NC(=O)NC(C)=C2C(=O)OC)ccc1OC[C@@H](O)N/N=C\c1cc(Br)ccc1OCc1ccccc1. The first kappa shape index (κ1) is 31.4. The largest absolute Gasteiger partial charge is 0.490 e. The highest BCUT2D eigenvalue weighted by Crippen LogP contribution is 2.35. The van der Waals surface area contributed by atoms with Gasteiger partial charge < -0.3 is 34.7 Å². The highest BCUT2D eigenvalue weighted by molar-refractivity contribution is 9.10. The normalized spacial score (nSPS) is 15.4. The molecule has 3 aromatic rings. The van der Waals surface area contributed by atoms with Gasteiger partial charge in [-0.2, -0.15) is 5.10 Å². The summed E-state index contributed by atoms with van der Waals surface area (Å²) >= 11 is 3.47. The lowest BCUT2D eigenvalue weighted by Gasteiger charge is -2.28. The van der Waals surface area contributed by atoms with Crippen LogP contribution in [0, 0.1) is 0 Å². The van der Waals surface area contributed by atoms with E-state index in [-0.39, 0.29) is 12.2 Å². The van der Waals surface area contributed by atoms with Crippen molar-refractivity contribution in [3.05, 3.63) is 99.2 Å². The number of carbonyl (C=O) groups is 2. The summed E-state index contributed by atoms with van der Waals surface area (Å²) in [6, 6.07) is 19.2. The second-order valence-electron chi connectivity index (χ2n) is 9.37. The van der Waals surface area contributed by atoms with E-state index in [1.54, 1.807) is 31.3 Å². The van der Waals surface area contributed by atoms with Gasteiger partial charge in [-0.3, -0.25) is 5.43 Å². The Morgan fingerprint density at radius 2 is 1.84 bits per heavy atom. The predicted octanol–water partition coefficient (Wildman–Crippen LogP) is 4.55. The molecule has 2 atom stereocenters. The molecule has 0 fully saturated rings. The summed E-state index contributed by atoms with van der Waals surface area (Å²) in [5.41, 5.74) is 5.65. The first-order valence-corrected chi connectivity index (χ1v) is 14.3. The first-order valence-electron chi connectivity index (χ1n) is 13.5. The second-order valence-corrected chi connectivity index (χ2v) is 10.3. The van der Waals surface area contributed by atoms with Gasteiger partial charge in [0.25, 0.3) is 0 Å². The van der Waals surface area contributed by atoms with Crippen LogP contribution >= 0.6 is 15.9 Å². The number of rotatable bonds is 13. The topological polar surface area (TPSA) is 140 Å². The van der Waals surface area contributed by atoms with E-state index in [1.165, 1.54) is 7.11 Å². The van der Waals surface area contributed by atoms with E-state index < -0.39 is 24.3 Å². The molecule has 1 aliphatic heterocycles. The molecule has 0 aromatic heterocycles. The van der Waals surface area contributed by atoms with Crippen LogP contribution in [-0.4, -0.2) is 49.9 Å². The maximum absolute atomic E-state index is 12.4. The van der Waals surface area contributed by atoms with Gasteiger partial charge in [-0.15, -0.1) is 0 Å². The van der Waals surface area contributed by atoms with Crippen LogP contribution in [0.15, 0.2) is 87.6 Å². The zero-order valence-electron chi connectivity index (χ0n) is 23.9. The molecule has 0 bridgehead atoms. The van der Waals surface area contributed by atoms with Crippen LogP contribution in [0.4, 0.5) is 4.79 Å². The Morgan fingerprint density at radius 1 is 1.07 bits per heavy atom. The standard InChI is InChI=1S/C31H33BrN4O7/c1-4-41-26-15-21(29-28(30(38)40-3)19(2)34-31(39)35-29)10-12-25(26)43-18-27(37)36-33-16-22-14-23(32)11-13-24(22)42-17-20-8-6-5-7-9-20/h5-16,27,29,36-37H,4,17-18H2,1-3H3,(H2,34,35,39)/b33-16-/t27-,29-/m1/s1. The molecule has 4 N–H and O–H groups in total. The average Bonchev–Trinajstić information content (AvgIpc) is 3.00. The molecule has 0 saturated heterocycles. The Balaban J connectivity index is 1.40. The zero-order valence-corrected chi connectivity index (χ0v) is 25.5. The molecule has 1 aliphatic rings. The molecule has 0 aliphatic carbocycles. The van der Waals surface area contributed by atoms with Gasteiger partial charge in [-0.1, -0.05) is 52.3 Å². The summed E-state index contributed by atoms with van der Waals surface area (Å²) in [6.45, 7) is 4.03. The third-order valence-electron chi connectivity index (χ3n) is 6.31. The Labute approximate surface area is 258 Å². The van der Waals surface area contributed by atoms with E-state index >= 15 is 0 Å². The van der Waals surface area contributed by atoms with Crippen molar-refractivity contribution in [1.29, 1.82) is 0 Å². The van der Waals surface area contributed by atoms with Crippen LogP contribution in [0.25, 0.3) is 0 Å². The van der Waals surface area contributed by atoms with Crippen molar-refractivity contribution in [2.45, 2.75) is 32.7 Å². The molecule has 0 saturated carbocycles. The number of allylic oxidation sites excluding steroid dienone is 1. The number of aliphatic hydroxyl groups excluding tert-OH is 1. The minimum Gasteiger partial charge on any atom is -0.490 e. The van der Waals surface area contributed by atoms with Crippen molar-refractivity contribution in [1.82, 2.24) is 16.1 Å². The van der Waals surface area contributed by atoms with E-state index in [4.69, 9.17) is 18.9 Å². The number of methoxy groups -OCH3 is 1. The van der Waals surface area contributed by atoms with Crippen LogP contribution in [0.3, 0.4) is 0 Å². The number of benzene rings is 3. The van der Waals surface area contributed by atoms with Crippen molar-refractivity contribution in [3.63, 3.8) is 0 Å². The summed E-state index contributed by atoms with van der Waals surface area (Å²) in [7, 11) is 1.28. The van der Waals surface area contributed by atoms with Crippen molar-refractivity contribution >= 4 is 34.1 Å². The summed E-state index contributed by atoms with van der Waals surface area (Å²) in [5.74, 6) is 0.801. The summed E-state index contributed by atoms with van der Waals surface area (Å²) in [6.07, 6.45) is 0.405. The van der Waals surface area contributed by atoms with Gasteiger partial charge in [0, 0.05) is 15.7 Å². The number of amides is 2. The summed E-state index contributed by atoms with van der Waals surface area (Å²) in [4.78, 5) is 24.6. The van der Waals surface area contributed by atoms with Crippen molar-refractivity contribution < 1.29 is 33.6 Å². The van der Waals surface area contributed by atoms with Gasteiger partial charge in [0.1, 0.15) is 19.0 Å². The van der Waals surface area contributed by atoms with Crippen LogP contribution in [-0.2, 0) is 16.1 Å². The highest BCUT2D eigenvalue weighted by atomic mass is 79.9. The number of nitrogens with zero attached hydrogens (tertiary/aromatic N) is 1. The van der Waals surface area contributed by atoms with Gasteiger partial charge >= 0.3 is 12.0 Å². The number of nitrogens with one attached hydrogen (secondary N) is 3. The molecule has 226 valence electrons. The second kappa shape index (κ2) is 15.1. The van der Waals surface area contributed by atoms with Crippen LogP contribution in [0.1, 0.15) is 36.6 Å². The molecule has 2 amide bonds. The third-order valence-corrected chi connectivity index (χ3v) is 6.80. The number of carbonyl (C=O) groups excluding carboxylic acids is 2. The van der Waals surface area contributed by atoms with Gasteiger partial charge in [-0.25, -0.2) is 9.59 Å². The molecule has 1 heterocycles. The number of hydrazone groups is 1. The molecular weight excluding hydrogens is 620 g/mol. The van der Waals surface area contributed by atoms with Gasteiger partial charge in [0.15, 0.2) is 17.7 Å². The van der Waals surface area contributed by atoms with E-state index in [2.05, 4.69) is 37.1 Å². The lowest BCUT2D eigenvalue weighted by atomic mass is 9.95. The van der Waals surface area contributed by atoms with Crippen molar-refractivity contribution in [3.8, 4) is 17.2 Å². The Bertz CT molecular complexity index is 1500. The predicted molar refractivity (Wildman–Crippen MR) is 164 cm³/mol. The van der Waals surface area contributed by atoms with Crippen molar-refractivity contribution in [2.24, 2.45) is 5.10 Å². The fourth-order valence-corrected chi connectivity index (χ4v) is 4.68. The fourth-order valence-electron chi connectivity index (χ4n) is 4.30. The zero-order chi connectivity index (χ0) is 30.8. The van der Waals surface area contributed by atoms with Crippen LogP contribution in [0.5, 0.6) is 17.2 Å². The quantitative estimate of drug-likeness (QED) is 0.0913. The smallest absolute Gasteiger partial charge is 0.337 e. The van der Waals surface area contributed by atoms with E-state index in [1.807, 2.05) is 55.5 Å². The monoisotopic (exact) mass is 652 g/mol. The lowest BCUT2D eigenvalue weighted by Crippen LogP contribution is -2.45. The Morgan fingerprint density at radius 3 is 2.58 bits per heavy atom. The average molecular weight is 654 g/mol. The van der Waals surface area contributed by atoms with Crippen LogP contribution in [0.2, 0.25) is 0 Å². The molecular formula is C31H33BrN4O7. The molecule has 0 unspecified atom stereocenters. The van der Waals surface area contributed by atoms with Gasteiger partial charge in [0.05, 0.1) is 31.5 Å². The summed E-state index contributed by atoms with van der Waals surface area (Å²) < 4.78 is 23.3. The molecule has 4 rings (SSSR count). The Kier molecular flexibility index (Phi) is 11.0. The number of urea groups is 1. The third kappa shape index (κ3) is 8.49. The minimum atomic E-state index is -1.15. The van der Waals surface area contributed by atoms with Gasteiger partial charge in [0.2, 0.25) is 0 Å². The number of hydrogen-bond acceptors (Lipinski definition) is 9. The highest BCUT2D eigenvalue weighted by Gasteiger charge is 2.32. The van der Waals surface area contributed by atoms with E-state index in [9.17, 15) is 14.7 Å². The maximum Gasteiger partial charge on any atom is 0.337 e. The molecule has 11 nitrogen and oxygen atoms in total. The number of esters is 1. The first-order chi connectivity index (χ1) is 20.8. The number of ether oxygens (including phenoxy) is 4. The Hall–Kier alpha value is -4.55. The molecule has 3 aromatic carbocycles. The number of aliphatic hydroxyl groups is 1. The molecule has 12 heteroatoms. The number of hydrogen-bond donors (Lipinski definition) is 4. The lowest BCUT2D eigenvalue weighted by molar-refractivity contribution is -0.136. The van der Waals surface area contributed by atoms with Crippen LogP contribution < -0.4 is 30.3 Å². The maximum atomic E-state index is 12.4. The number of halogens is 1. The minimum absolute atomic E-state index is 0.150. The van der Waals surface area contributed by atoms with E-state index in [0.717, 1.165) is 10.0 Å².